The minimum absolute atomic E-state index is 0.345. The molecular weight excluding hydrogens is 254 g/mol. The molecule has 0 bridgehead atoms. The SMILES string of the molecule is CC1(C)CCC(NCCC2CCCCC2)c2ccccc21. The molecule has 1 saturated carbocycles. The van der Waals surface area contributed by atoms with Crippen molar-refractivity contribution in [2.45, 2.75) is 76.7 Å². The molecule has 116 valence electrons. The van der Waals surface area contributed by atoms with Crippen LogP contribution in [-0.4, -0.2) is 6.54 Å². The van der Waals surface area contributed by atoms with Crippen LogP contribution in [0.5, 0.6) is 0 Å². The Morgan fingerprint density at radius 1 is 1.05 bits per heavy atom. The van der Waals surface area contributed by atoms with Crippen LogP contribution in [0.25, 0.3) is 0 Å². The molecule has 0 heterocycles. The molecule has 21 heavy (non-hydrogen) atoms. The van der Waals surface area contributed by atoms with Gasteiger partial charge in [-0.15, -0.1) is 0 Å². The minimum Gasteiger partial charge on any atom is -0.310 e. The van der Waals surface area contributed by atoms with E-state index in [2.05, 4.69) is 43.4 Å². The molecular formula is C20H31N. The maximum Gasteiger partial charge on any atom is 0.0323 e. The summed E-state index contributed by atoms with van der Waals surface area (Å²) in [7, 11) is 0. The summed E-state index contributed by atoms with van der Waals surface area (Å²) in [4.78, 5) is 0. The lowest BCUT2D eigenvalue weighted by atomic mass is 9.71. The summed E-state index contributed by atoms with van der Waals surface area (Å²) in [5.74, 6) is 0.988. The van der Waals surface area contributed by atoms with Crippen molar-refractivity contribution < 1.29 is 0 Å². The maximum atomic E-state index is 3.86. The van der Waals surface area contributed by atoms with Gasteiger partial charge in [0.2, 0.25) is 0 Å². The first-order valence-electron chi connectivity index (χ1n) is 8.99. The molecule has 1 N–H and O–H groups in total. The second-order valence-electron chi connectivity index (χ2n) is 7.81. The van der Waals surface area contributed by atoms with Crippen LogP contribution in [0.15, 0.2) is 24.3 Å². The van der Waals surface area contributed by atoms with Crippen LogP contribution in [0, 0.1) is 5.92 Å². The number of fused-ring (bicyclic) bond motifs is 1. The highest BCUT2D eigenvalue weighted by Gasteiger charge is 2.31. The van der Waals surface area contributed by atoms with E-state index in [1.54, 1.807) is 11.1 Å². The zero-order valence-corrected chi connectivity index (χ0v) is 13.8. The summed E-state index contributed by atoms with van der Waals surface area (Å²) < 4.78 is 0. The smallest absolute Gasteiger partial charge is 0.0323 e. The van der Waals surface area contributed by atoms with Gasteiger partial charge in [-0.3, -0.25) is 0 Å². The molecule has 1 nitrogen and oxygen atoms in total. The number of nitrogens with one attached hydrogen (secondary N) is 1. The Balaban J connectivity index is 1.59. The van der Waals surface area contributed by atoms with Crippen LogP contribution in [0.4, 0.5) is 0 Å². The van der Waals surface area contributed by atoms with Crippen molar-refractivity contribution in [2.75, 3.05) is 6.54 Å². The van der Waals surface area contributed by atoms with Gasteiger partial charge in [0, 0.05) is 6.04 Å². The van der Waals surface area contributed by atoms with Crippen molar-refractivity contribution >= 4 is 0 Å². The van der Waals surface area contributed by atoms with Crippen molar-refractivity contribution in [1.82, 2.24) is 5.32 Å². The third kappa shape index (κ3) is 3.51. The van der Waals surface area contributed by atoms with Gasteiger partial charge in [0.1, 0.15) is 0 Å². The van der Waals surface area contributed by atoms with Gasteiger partial charge in [0.05, 0.1) is 0 Å². The maximum absolute atomic E-state index is 3.86. The Bertz CT molecular complexity index is 457. The average Bonchev–Trinajstić information content (AvgIpc) is 2.51. The van der Waals surface area contributed by atoms with Crippen LogP contribution in [0.3, 0.4) is 0 Å². The quantitative estimate of drug-likeness (QED) is 0.785. The Morgan fingerprint density at radius 2 is 1.81 bits per heavy atom. The molecule has 0 aliphatic heterocycles. The van der Waals surface area contributed by atoms with E-state index < -0.39 is 0 Å². The van der Waals surface area contributed by atoms with Crippen LogP contribution in [-0.2, 0) is 5.41 Å². The fourth-order valence-electron chi connectivity index (χ4n) is 4.36. The van der Waals surface area contributed by atoms with Gasteiger partial charge >= 0.3 is 0 Å². The van der Waals surface area contributed by atoms with Crippen molar-refractivity contribution in [1.29, 1.82) is 0 Å². The Kier molecular flexibility index (Phi) is 4.69. The fourth-order valence-corrected chi connectivity index (χ4v) is 4.36. The molecule has 1 unspecified atom stereocenters. The molecule has 1 atom stereocenters. The van der Waals surface area contributed by atoms with E-state index in [9.17, 15) is 0 Å². The molecule has 0 aromatic heterocycles. The van der Waals surface area contributed by atoms with E-state index in [-0.39, 0.29) is 0 Å². The summed E-state index contributed by atoms with van der Waals surface area (Å²) >= 11 is 0. The molecule has 2 aliphatic carbocycles. The highest BCUT2D eigenvalue weighted by Crippen LogP contribution is 2.41. The lowest BCUT2D eigenvalue weighted by molar-refractivity contribution is 0.312. The normalized spacial score (nSPS) is 25.5. The first kappa shape index (κ1) is 15.1. The van der Waals surface area contributed by atoms with E-state index in [4.69, 9.17) is 0 Å². The lowest BCUT2D eigenvalue weighted by Gasteiger charge is -2.37. The number of rotatable bonds is 4. The molecule has 1 aromatic rings. The topological polar surface area (TPSA) is 12.0 Å². The third-order valence-electron chi connectivity index (χ3n) is 5.79. The molecule has 0 amide bonds. The molecule has 3 rings (SSSR count). The van der Waals surface area contributed by atoms with Gasteiger partial charge in [-0.25, -0.2) is 0 Å². The van der Waals surface area contributed by atoms with Crippen molar-refractivity contribution in [2.24, 2.45) is 5.92 Å². The predicted molar refractivity (Wildman–Crippen MR) is 90.6 cm³/mol. The van der Waals surface area contributed by atoms with Crippen molar-refractivity contribution in [3.8, 4) is 0 Å². The van der Waals surface area contributed by atoms with Crippen LogP contribution in [0.2, 0.25) is 0 Å². The number of benzene rings is 1. The fraction of sp³-hybridized carbons (Fsp3) is 0.700. The average molecular weight is 285 g/mol. The van der Waals surface area contributed by atoms with E-state index >= 15 is 0 Å². The van der Waals surface area contributed by atoms with Gasteiger partial charge < -0.3 is 5.32 Å². The van der Waals surface area contributed by atoms with Crippen LogP contribution in [0.1, 0.15) is 82.4 Å². The molecule has 1 heteroatoms. The van der Waals surface area contributed by atoms with Crippen molar-refractivity contribution in [3.63, 3.8) is 0 Å². The molecule has 0 radical (unpaired) electrons. The number of hydrogen-bond donors (Lipinski definition) is 1. The van der Waals surface area contributed by atoms with Crippen LogP contribution >= 0.6 is 0 Å². The van der Waals surface area contributed by atoms with Crippen molar-refractivity contribution in [3.05, 3.63) is 35.4 Å². The monoisotopic (exact) mass is 285 g/mol. The Labute approximate surface area is 130 Å². The summed E-state index contributed by atoms with van der Waals surface area (Å²) in [5.41, 5.74) is 3.46. The summed E-state index contributed by atoms with van der Waals surface area (Å²) in [6.45, 7) is 5.98. The molecule has 1 aromatic carbocycles. The summed E-state index contributed by atoms with van der Waals surface area (Å²) in [5, 5.41) is 3.86. The summed E-state index contributed by atoms with van der Waals surface area (Å²) in [6.07, 6.45) is 11.3. The minimum atomic E-state index is 0.345. The highest BCUT2D eigenvalue weighted by molar-refractivity contribution is 5.38. The highest BCUT2D eigenvalue weighted by atomic mass is 14.9. The first-order valence-corrected chi connectivity index (χ1v) is 8.99. The van der Waals surface area contributed by atoms with Gasteiger partial charge in [-0.1, -0.05) is 70.2 Å². The third-order valence-corrected chi connectivity index (χ3v) is 5.79. The van der Waals surface area contributed by atoms with Crippen LogP contribution < -0.4 is 5.32 Å². The number of hydrogen-bond acceptors (Lipinski definition) is 1. The molecule has 0 spiro atoms. The lowest BCUT2D eigenvalue weighted by Crippen LogP contribution is -2.33. The standard InChI is InChI=1S/C20H31N/c1-20(2)14-12-19(17-10-6-7-11-18(17)20)21-15-13-16-8-4-3-5-9-16/h6-7,10-11,16,19,21H,3-5,8-9,12-15H2,1-2H3. The summed E-state index contributed by atoms with van der Waals surface area (Å²) in [6, 6.07) is 9.66. The van der Waals surface area contributed by atoms with E-state index in [1.165, 1.54) is 57.9 Å². The zero-order chi connectivity index (χ0) is 14.7. The molecule has 2 aliphatic rings. The second kappa shape index (κ2) is 6.52. The molecule has 1 fully saturated rings. The zero-order valence-electron chi connectivity index (χ0n) is 13.8. The first-order chi connectivity index (χ1) is 10.2. The van der Waals surface area contributed by atoms with E-state index in [0.29, 0.717) is 11.5 Å². The molecule has 0 saturated heterocycles. The largest absolute Gasteiger partial charge is 0.310 e. The van der Waals surface area contributed by atoms with E-state index in [1.807, 2.05) is 0 Å². The van der Waals surface area contributed by atoms with Gasteiger partial charge in [0.25, 0.3) is 0 Å². The predicted octanol–water partition coefficient (Wildman–Crippen LogP) is 5.36. The Hall–Kier alpha value is -0.820. The second-order valence-corrected chi connectivity index (χ2v) is 7.81. The van der Waals surface area contributed by atoms with Gasteiger partial charge in [-0.2, -0.15) is 0 Å². The van der Waals surface area contributed by atoms with Gasteiger partial charge in [0.15, 0.2) is 0 Å². The van der Waals surface area contributed by atoms with Gasteiger partial charge in [-0.05, 0) is 48.3 Å². The Morgan fingerprint density at radius 3 is 2.62 bits per heavy atom. The van der Waals surface area contributed by atoms with E-state index in [0.717, 1.165) is 5.92 Å².